The van der Waals surface area contributed by atoms with Crippen LogP contribution in [-0.4, -0.2) is 47.8 Å². The highest BCUT2D eigenvalue weighted by molar-refractivity contribution is 5.99. The van der Waals surface area contributed by atoms with E-state index in [1.54, 1.807) is 22.9 Å². The topological polar surface area (TPSA) is 180 Å². The highest BCUT2D eigenvalue weighted by atomic mass is 19.1. The molecule has 0 saturated carbocycles. The fraction of sp³-hybridized carbons (Fsp3) is 0.190. The van der Waals surface area contributed by atoms with Crippen LogP contribution in [0, 0.1) is 5.95 Å². The molecular weight excluding hydrogens is 443 g/mol. The number of rotatable bonds is 8. The van der Waals surface area contributed by atoms with Crippen molar-refractivity contribution >= 4 is 40.2 Å². The summed E-state index contributed by atoms with van der Waals surface area (Å²) >= 11 is 0. The summed E-state index contributed by atoms with van der Waals surface area (Å²) in [5.41, 5.74) is 13.0. The van der Waals surface area contributed by atoms with Gasteiger partial charge in [0.2, 0.25) is 17.8 Å². The number of anilines is 3. The Balaban J connectivity index is 1.80. The van der Waals surface area contributed by atoms with E-state index in [-0.39, 0.29) is 17.5 Å². The number of fused-ring (bicyclic) bond motifs is 1. The third kappa shape index (κ3) is 4.57. The molecule has 1 atom stereocenters. The van der Waals surface area contributed by atoms with Gasteiger partial charge in [0.05, 0.1) is 5.52 Å². The lowest BCUT2D eigenvalue weighted by Crippen LogP contribution is -2.33. The number of nitrogens with zero attached hydrogens (tertiary/aromatic N) is 6. The normalized spacial score (nSPS) is 11.9. The highest BCUT2D eigenvalue weighted by Gasteiger charge is 2.18. The zero-order chi connectivity index (χ0) is 24.4. The van der Waals surface area contributed by atoms with Crippen molar-refractivity contribution in [1.29, 1.82) is 0 Å². The number of aryl methyl sites for hydroxylation is 1. The zero-order valence-corrected chi connectivity index (χ0v) is 18.3. The number of nitrogens with one attached hydrogen (secondary N) is 2. The standard InChI is InChI=1S/C21H21FN10O2/c1-3-32-9-14-13(11-4-5-16(22)25-8-11)6-12(7-15(14)31-32)27-20-17(19(24)34)29-30-21(28-20)26-10(2)18(23)33/h4-10H,3H2,1-2H3,(H2,23,33)(H2,24,34)(H2,26,27,28,30)/t10-/m1/s1. The summed E-state index contributed by atoms with van der Waals surface area (Å²) in [7, 11) is 0. The van der Waals surface area contributed by atoms with Crippen LogP contribution in [0.5, 0.6) is 0 Å². The van der Waals surface area contributed by atoms with Gasteiger partial charge < -0.3 is 22.1 Å². The fourth-order valence-corrected chi connectivity index (χ4v) is 3.22. The summed E-state index contributed by atoms with van der Waals surface area (Å²) in [6, 6.07) is 5.64. The number of hydrogen-bond donors (Lipinski definition) is 4. The molecule has 34 heavy (non-hydrogen) atoms. The Hall–Kier alpha value is -4.68. The van der Waals surface area contributed by atoms with Gasteiger partial charge >= 0.3 is 0 Å². The van der Waals surface area contributed by atoms with Crippen LogP contribution in [0.2, 0.25) is 0 Å². The van der Waals surface area contributed by atoms with Crippen LogP contribution in [0.1, 0.15) is 24.3 Å². The molecule has 12 nitrogen and oxygen atoms in total. The van der Waals surface area contributed by atoms with E-state index in [4.69, 9.17) is 11.5 Å². The molecule has 4 rings (SSSR count). The molecule has 174 valence electrons. The Morgan fingerprint density at radius 3 is 2.65 bits per heavy atom. The van der Waals surface area contributed by atoms with Gasteiger partial charge in [-0.3, -0.25) is 14.3 Å². The van der Waals surface area contributed by atoms with Crippen molar-refractivity contribution in [3.05, 3.63) is 48.3 Å². The molecule has 6 N–H and O–H groups in total. The van der Waals surface area contributed by atoms with Gasteiger partial charge in [-0.25, -0.2) is 4.98 Å². The van der Waals surface area contributed by atoms with E-state index in [1.807, 2.05) is 13.1 Å². The molecule has 2 amide bonds. The summed E-state index contributed by atoms with van der Waals surface area (Å²) in [5, 5.41) is 18.7. The van der Waals surface area contributed by atoms with E-state index >= 15 is 0 Å². The van der Waals surface area contributed by atoms with Gasteiger partial charge in [0.25, 0.3) is 5.91 Å². The van der Waals surface area contributed by atoms with Crippen LogP contribution >= 0.6 is 0 Å². The maximum atomic E-state index is 13.4. The summed E-state index contributed by atoms with van der Waals surface area (Å²) in [4.78, 5) is 31.2. The SMILES string of the molecule is CCn1cc2c(-c3ccc(F)nc3)cc(Nc3nc(N[C@H](C)C(N)=O)nnc3C(N)=O)cc2n1. The lowest BCUT2D eigenvalue weighted by atomic mass is 10.0. The largest absolute Gasteiger partial charge is 0.368 e. The Morgan fingerprint density at radius 1 is 1.21 bits per heavy atom. The number of benzene rings is 1. The maximum absolute atomic E-state index is 13.4. The van der Waals surface area contributed by atoms with Crippen molar-refractivity contribution in [2.75, 3.05) is 10.6 Å². The molecule has 0 aliphatic carbocycles. The number of carbonyl (C=O) groups excluding carboxylic acids is 2. The first-order chi connectivity index (χ1) is 16.2. The van der Waals surface area contributed by atoms with Crippen LogP contribution < -0.4 is 22.1 Å². The molecule has 0 spiro atoms. The molecule has 1 aromatic carbocycles. The molecule has 13 heteroatoms. The molecule has 0 fully saturated rings. The molecule has 3 aromatic heterocycles. The summed E-state index contributed by atoms with van der Waals surface area (Å²) in [6.07, 6.45) is 3.30. The first kappa shape index (κ1) is 22.5. The molecule has 0 radical (unpaired) electrons. The minimum atomic E-state index is -0.851. The number of hydrogen-bond acceptors (Lipinski definition) is 9. The van der Waals surface area contributed by atoms with Crippen molar-refractivity contribution in [2.24, 2.45) is 11.5 Å². The average Bonchev–Trinajstić information content (AvgIpc) is 3.22. The molecule has 0 aliphatic heterocycles. The van der Waals surface area contributed by atoms with Gasteiger partial charge in [-0.15, -0.1) is 10.2 Å². The smallest absolute Gasteiger partial charge is 0.273 e. The van der Waals surface area contributed by atoms with Crippen LogP contribution in [0.25, 0.3) is 22.0 Å². The molecule has 4 aromatic rings. The third-order valence-electron chi connectivity index (χ3n) is 4.99. The van der Waals surface area contributed by atoms with Gasteiger partial charge in [0, 0.05) is 35.6 Å². The highest BCUT2D eigenvalue weighted by Crippen LogP contribution is 2.33. The van der Waals surface area contributed by atoms with E-state index < -0.39 is 23.8 Å². The number of nitrogens with two attached hydrogens (primary N) is 2. The van der Waals surface area contributed by atoms with Crippen LogP contribution in [0.15, 0.2) is 36.7 Å². The van der Waals surface area contributed by atoms with Gasteiger partial charge in [-0.05, 0) is 43.7 Å². The van der Waals surface area contributed by atoms with Gasteiger partial charge in [-0.2, -0.15) is 14.5 Å². The maximum Gasteiger partial charge on any atom is 0.273 e. The van der Waals surface area contributed by atoms with E-state index in [0.717, 1.165) is 10.9 Å². The van der Waals surface area contributed by atoms with Gasteiger partial charge in [0.1, 0.15) is 6.04 Å². The second-order valence-electron chi connectivity index (χ2n) is 7.40. The molecule has 3 heterocycles. The predicted octanol–water partition coefficient (Wildman–Crippen LogP) is 1.57. The molecule has 0 saturated heterocycles. The van der Waals surface area contributed by atoms with Crippen LogP contribution in [-0.2, 0) is 11.3 Å². The number of carbonyl (C=O) groups is 2. The van der Waals surface area contributed by atoms with E-state index in [1.165, 1.54) is 19.2 Å². The monoisotopic (exact) mass is 464 g/mol. The Morgan fingerprint density at radius 2 is 2.00 bits per heavy atom. The third-order valence-corrected chi connectivity index (χ3v) is 4.99. The molecule has 0 bridgehead atoms. The molecular formula is C21H21FN10O2. The number of aromatic nitrogens is 6. The Kier molecular flexibility index (Phi) is 5.99. The lowest BCUT2D eigenvalue weighted by molar-refractivity contribution is -0.118. The summed E-state index contributed by atoms with van der Waals surface area (Å²) in [6.45, 7) is 4.13. The van der Waals surface area contributed by atoms with Crippen molar-refractivity contribution in [3.8, 4) is 11.1 Å². The minimum absolute atomic E-state index is 0.0131. The number of pyridine rings is 1. The summed E-state index contributed by atoms with van der Waals surface area (Å²) in [5.74, 6) is -2.08. The molecule has 0 unspecified atom stereocenters. The van der Waals surface area contributed by atoms with Crippen molar-refractivity contribution in [3.63, 3.8) is 0 Å². The van der Waals surface area contributed by atoms with Gasteiger partial charge in [0.15, 0.2) is 11.5 Å². The first-order valence-corrected chi connectivity index (χ1v) is 10.3. The van der Waals surface area contributed by atoms with E-state index in [9.17, 15) is 14.0 Å². The van der Waals surface area contributed by atoms with Crippen LogP contribution in [0.3, 0.4) is 0 Å². The Labute approximate surface area is 192 Å². The first-order valence-electron chi connectivity index (χ1n) is 10.3. The second-order valence-corrected chi connectivity index (χ2v) is 7.40. The predicted molar refractivity (Wildman–Crippen MR) is 123 cm³/mol. The summed E-state index contributed by atoms with van der Waals surface area (Å²) < 4.78 is 15.2. The van der Waals surface area contributed by atoms with E-state index in [0.29, 0.717) is 23.3 Å². The van der Waals surface area contributed by atoms with Gasteiger partial charge in [-0.1, -0.05) is 0 Å². The second kappa shape index (κ2) is 9.05. The number of primary amides is 2. The van der Waals surface area contributed by atoms with E-state index in [2.05, 4.69) is 35.9 Å². The Bertz CT molecular complexity index is 1390. The minimum Gasteiger partial charge on any atom is -0.368 e. The number of halogens is 1. The van der Waals surface area contributed by atoms with Crippen molar-refractivity contribution in [1.82, 2.24) is 29.9 Å². The number of amides is 2. The average molecular weight is 464 g/mol. The van der Waals surface area contributed by atoms with Crippen molar-refractivity contribution in [2.45, 2.75) is 26.4 Å². The fourth-order valence-electron chi connectivity index (χ4n) is 3.22. The quantitative estimate of drug-likeness (QED) is 0.281. The zero-order valence-electron chi connectivity index (χ0n) is 18.3. The van der Waals surface area contributed by atoms with Crippen molar-refractivity contribution < 1.29 is 14.0 Å². The van der Waals surface area contributed by atoms with Crippen LogP contribution in [0.4, 0.5) is 21.8 Å². The lowest BCUT2D eigenvalue weighted by Gasteiger charge is -2.13. The molecule has 0 aliphatic rings.